The Morgan fingerprint density at radius 3 is 2.37 bits per heavy atom. The summed E-state index contributed by atoms with van der Waals surface area (Å²) in [6.07, 6.45) is 0. The molecule has 1 atom stereocenters. The molecule has 100 valence electrons. The fraction of sp³-hybridized carbons (Fsp3) is 0.250. The highest BCUT2D eigenvalue weighted by atomic mass is 79.9. The summed E-state index contributed by atoms with van der Waals surface area (Å²) in [7, 11) is 1.85. The van der Waals surface area contributed by atoms with Gasteiger partial charge in [0.25, 0.3) is 0 Å². The molecule has 1 nitrogen and oxygen atoms in total. The molecule has 0 heterocycles. The molecule has 0 aromatic heterocycles. The van der Waals surface area contributed by atoms with Crippen molar-refractivity contribution in [2.75, 3.05) is 7.05 Å². The first-order chi connectivity index (χ1) is 9.02. The van der Waals surface area contributed by atoms with Gasteiger partial charge in [-0.25, -0.2) is 4.39 Å². The van der Waals surface area contributed by atoms with Gasteiger partial charge in [0.2, 0.25) is 0 Å². The maximum atomic E-state index is 14.1. The molecule has 2 aromatic rings. The molecule has 1 unspecified atom stereocenters. The van der Waals surface area contributed by atoms with E-state index in [0.29, 0.717) is 5.56 Å². The van der Waals surface area contributed by atoms with E-state index in [-0.39, 0.29) is 11.9 Å². The first-order valence-electron chi connectivity index (χ1n) is 6.22. The summed E-state index contributed by atoms with van der Waals surface area (Å²) in [4.78, 5) is 0. The Labute approximate surface area is 122 Å². The van der Waals surface area contributed by atoms with Crippen LogP contribution in [0.4, 0.5) is 4.39 Å². The highest BCUT2D eigenvalue weighted by molar-refractivity contribution is 9.10. The van der Waals surface area contributed by atoms with Crippen molar-refractivity contribution in [2.24, 2.45) is 0 Å². The molecule has 0 spiro atoms. The molecule has 19 heavy (non-hydrogen) atoms. The van der Waals surface area contributed by atoms with Crippen molar-refractivity contribution in [3.63, 3.8) is 0 Å². The summed E-state index contributed by atoms with van der Waals surface area (Å²) in [5, 5.41) is 3.19. The maximum absolute atomic E-state index is 14.1. The predicted molar refractivity (Wildman–Crippen MR) is 80.9 cm³/mol. The van der Waals surface area contributed by atoms with Crippen LogP contribution in [0.1, 0.15) is 28.3 Å². The van der Waals surface area contributed by atoms with E-state index >= 15 is 0 Å². The van der Waals surface area contributed by atoms with E-state index in [1.54, 1.807) is 0 Å². The number of aryl methyl sites for hydroxylation is 2. The normalized spacial score (nSPS) is 12.5. The van der Waals surface area contributed by atoms with Crippen LogP contribution in [-0.4, -0.2) is 7.05 Å². The number of halogens is 2. The van der Waals surface area contributed by atoms with Crippen molar-refractivity contribution in [2.45, 2.75) is 19.9 Å². The van der Waals surface area contributed by atoms with E-state index in [4.69, 9.17) is 0 Å². The molecule has 0 aliphatic carbocycles. The monoisotopic (exact) mass is 321 g/mol. The Kier molecular flexibility index (Phi) is 4.38. The van der Waals surface area contributed by atoms with E-state index in [2.05, 4.69) is 47.2 Å². The molecular formula is C16H17BrFN. The molecule has 0 aliphatic rings. The van der Waals surface area contributed by atoms with E-state index in [0.717, 1.165) is 10.0 Å². The van der Waals surface area contributed by atoms with E-state index in [9.17, 15) is 4.39 Å². The van der Waals surface area contributed by atoms with Gasteiger partial charge < -0.3 is 5.32 Å². The Morgan fingerprint density at radius 2 is 1.79 bits per heavy atom. The highest BCUT2D eigenvalue weighted by Gasteiger charge is 2.16. The van der Waals surface area contributed by atoms with E-state index in [1.807, 2.05) is 25.2 Å². The third kappa shape index (κ3) is 3.04. The van der Waals surface area contributed by atoms with Gasteiger partial charge in [-0.2, -0.15) is 0 Å². The largest absolute Gasteiger partial charge is 0.309 e. The quantitative estimate of drug-likeness (QED) is 0.876. The van der Waals surface area contributed by atoms with Crippen LogP contribution in [0, 0.1) is 19.7 Å². The van der Waals surface area contributed by atoms with Gasteiger partial charge >= 0.3 is 0 Å². The first-order valence-corrected chi connectivity index (χ1v) is 7.01. The molecule has 3 heteroatoms. The van der Waals surface area contributed by atoms with Gasteiger partial charge in [0, 0.05) is 10.0 Å². The SMILES string of the molecule is CNC(c1ccc(C)c(C)c1)c1ccc(Br)cc1F. The van der Waals surface area contributed by atoms with Crippen LogP contribution >= 0.6 is 15.9 Å². The minimum Gasteiger partial charge on any atom is -0.309 e. The van der Waals surface area contributed by atoms with Crippen LogP contribution in [0.5, 0.6) is 0 Å². The molecule has 2 aromatic carbocycles. The Hall–Kier alpha value is -1.19. The molecule has 2 rings (SSSR count). The summed E-state index contributed by atoms with van der Waals surface area (Å²) in [6.45, 7) is 4.15. The average Bonchev–Trinajstić information content (AvgIpc) is 2.37. The van der Waals surface area contributed by atoms with Gasteiger partial charge in [0.15, 0.2) is 0 Å². The standard InChI is InChI=1S/C16H17BrFN/c1-10-4-5-12(8-11(10)2)16(19-3)14-7-6-13(17)9-15(14)18/h4-9,16,19H,1-3H3. The zero-order chi connectivity index (χ0) is 14.0. The first kappa shape index (κ1) is 14.2. The molecule has 1 N–H and O–H groups in total. The second-order valence-corrected chi connectivity index (χ2v) is 5.65. The lowest BCUT2D eigenvalue weighted by molar-refractivity contribution is 0.575. The lowest BCUT2D eigenvalue weighted by Gasteiger charge is -2.19. The van der Waals surface area contributed by atoms with Crippen LogP contribution in [-0.2, 0) is 0 Å². The third-order valence-electron chi connectivity index (χ3n) is 3.43. The molecule has 0 saturated heterocycles. The molecule has 0 aliphatic heterocycles. The predicted octanol–water partition coefficient (Wildman–Crippen LogP) is 4.51. The maximum Gasteiger partial charge on any atom is 0.129 e. The molecule has 0 bridgehead atoms. The second kappa shape index (κ2) is 5.85. The van der Waals surface area contributed by atoms with Gasteiger partial charge in [-0.05, 0) is 49.7 Å². The topological polar surface area (TPSA) is 12.0 Å². The van der Waals surface area contributed by atoms with Crippen molar-refractivity contribution in [1.29, 1.82) is 0 Å². The van der Waals surface area contributed by atoms with Gasteiger partial charge in [-0.3, -0.25) is 0 Å². The van der Waals surface area contributed by atoms with Crippen LogP contribution in [0.25, 0.3) is 0 Å². The highest BCUT2D eigenvalue weighted by Crippen LogP contribution is 2.27. The zero-order valence-electron chi connectivity index (χ0n) is 11.3. The van der Waals surface area contributed by atoms with Crippen molar-refractivity contribution in [3.8, 4) is 0 Å². The molecule has 0 amide bonds. The van der Waals surface area contributed by atoms with Crippen LogP contribution in [0.3, 0.4) is 0 Å². The molecule has 0 radical (unpaired) electrons. The third-order valence-corrected chi connectivity index (χ3v) is 3.92. The van der Waals surface area contributed by atoms with Crippen LogP contribution < -0.4 is 5.32 Å². The smallest absolute Gasteiger partial charge is 0.129 e. The number of rotatable bonds is 3. The van der Waals surface area contributed by atoms with Gasteiger partial charge in [0.05, 0.1) is 6.04 Å². The lowest BCUT2D eigenvalue weighted by Crippen LogP contribution is -2.19. The van der Waals surface area contributed by atoms with E-state index < -0.39 is 0 Å². The zero-order valence-corrected chi connectivity index (χ0v) is 12.9. The average molecular weight is 322 g/mol. The Bertz CT molecular complexity index is 595. The second-order valence-electron chi connectivity index (χ2n) is 4.73. The van der Waals surface area contributed by atoms with Crippen molar-refractivity contribution < 1.29 is 4.39 Å². The summed E-state index contributed by atoms with van der Waals surface area (Å²) >= 11 is 3.28. The van der Waals surface area contributed by atoms with Crippen molar-refractivity contribution >= 4 is 15.9 Å². The fourth-order valence-corrected chi connectivity index (χ4v) is 2.51. The van der Waals surface area contributed by atoms with Gasteiger partial charge in [0.1, 0.15) is 5.82 Å². The van der Waals surface area contributed by atoms with Gasteiger partial charge in [-0.1, -0.05) is 40.2 Å². The Balaban J connectivity index is 2.46. The number of hydrogen-bond donors (Lipinski definition) is 1. The summed E-state index contributed by atoms with van der Waals surface area (Å²) in [5.74, 6) is -0.202. The number of benzene rings is 2. The van der Waals surface area contributed by atoms with Crippen molar-refractivity contribution in [3.05, 3.63) is 68.9 Å². The fourth-order valence-electron chi connectivity index (χ4n) is 2.18. The van der Waals surface area contributed by atoms with E-state index in [1.165, 1.54) is 17.2 Å². The Morgan fingerprint density at radius 1 is 1.05 bits per heavy atom. The molecular weight excluding hydrogens is 305 g/mol. The van der Waals surface area contributed by atoms with Crippen LogP contribution in [0.15, 0.2) is 40.9 Å². The molecule has 0 fully saturated rings. The summed E-state index contributed by atoms with van der Waals surface area (Å²) < 4.78 is 14.8. The summed E-state index contributed by atoms with van der Waals surface area (Å²) in [6, 6.07) is 11.3. The molecule has 0 saturated carbocycles. The number of hydrogen-bond acceptors (Lipinski definition) is 1. The van der Waals surface area contributed by atoms with Crippen LogP contribution in [0.2, 0.25) is 0 Å². The minimum absolute atomic E-state index is 0.132. The minimum atomic E-state index is -0.202. The summed E-state index contributed by atoms with van der Waals surface area (Å²) in [5.41, 5.74) is 4.20. The van der Waals surface area contributed by atoms with Gasteiger partial charge in [-0.15, -0.1) is 0 Å². The lowest BCUT2D eigenvalue weighted by atomic mass is 9.95. The van der Waals surface area contributed by atoms with Crippen molar-refractivity contribution in [1.82, 2.24) is 5.32 Å². The number of nitrogens with one attached hydrogen (secondary N) is 1.